The second-order valence-corrected chi connectivity index (χ2v) is 15.6. The number of nitrogens with one attached hydrogen (secondary N) is 1. The quantitative estimate of drug-likeness (QED) is 0.158. The second-order valence-electron chi connectivity index (χ2n) is 11.6. The number of amides is 2. The maximum atomic E-state index is 14.5. The summed E-state index contributed by atoms with van der Waals surface area (Å²) in [6.45, 7) is 7.51. The van der Waals surface area contributed by atoms with E-state index in [0.29, 0.717) is 67.4 Å². The highest BCUT2D eigenvalue weighted by Crippen LogP contribution is 2.35. The zero-order valence-corrected chi connectivity index (χ0v) is 31.1. The van der Waals surface area contributed by atoms with E-state index in [9.17, 15) is 18.9 Å². The summed E-state index contributed by atoms with van der Waals surface area (Å²) in [5.74, 6) is -0.442. The van der Waals surface area contributed by atoms with Gasteiger partial charge in [0.15, 0.2) is 16.7 Å². The fraction of sp³-hybridized carbons (Fsp3) is 0.382. The molecule has 3 heterocycles. The molecule has 258 valence electrons. The SMILES string of the molecule is CCCCN(CCCC)C(=O)c1cc(C)n(-c2ccc(NS(=O)c3sc(Cl)cc3Br)cc2C(=O)N2Cc3ccccc3C[C@H]2CO)n1.O. The molecule has 2 aromatic carbocycles. The Kier molecular flexibility index (Phi) is 13.4. The van der Waals surface area contributed by atoms with Crippen LogP contribution in [-0.4, -0.2) is 71.9 Å². The number of carbonyl (C=O) groups is 2. The summed E-state index contributed by atoms with van der Waals surface area (Å²) in [6, 6.07) is 16.1. The number of hydrogen-bond donors (Lipinski definition) is 2. The number of rotatable bonds is 13. The molecule has 2 amide bonds. The van der Waals surface area contributed by atoms with Gasteiger partial charge < -0.3 is 25.1 Å². The number of fused-ring (bicyclic) bond motifs is 1. The number of carbonyl (C=O) groups excluding carboxylic acids is 2. The van der Waals surface area contributed by atoms with E-state index in [1.54, 1.807) is 39.9 Å². The number of aryl methyl sites for hydroxylation is 1. The molecule has 1 unspecified atom stereocenters. The lowest BCUT2D eigenvalue weighted by molar-refractivity contribution is 0.0544. The third-order valence-electron chi connectivity index (χ3n) is 8.24. The number of hydrogen-bond acceptors (Lipinski definition) is 6. The van der Waals surface area contributed by atoms with Crippen LogP contribution in [0.5, 0.6) is 0 Å². The standard InChI is InChI=1S/C34H39BrClN5O4S2.H2O/c1-4-6-14-39(15-7-5-2)33(44)29-16-22(3)41(37-29)30-13-12-25(38-47(45)34-28(35)19-31(36)46-34)18-27(30)32(43)40-20-24-11-9-8-10-23(24)17-26(40)21-42;/h8-13,16,18-19,26,38,42H,4-7,14-15,17,20-21H2,1-3H3;1H2/t26-,47?;/m0./s1. The van der Waals surface area contributed by atoms with Gasteiger partial charge >= 0.3 is 0 Å². The fourth-order valence-electron chi connectivity index (χ4n) is 5.70. The Morgan fingerprint density at radius 3 is 2.42 bits per heavy atom. The molecule has 0 spiro atoms. The first-order valence-corrected chi connectivity index (χ1v) is 18.9. The van der Waals surface area contributed by atoms with E-state index in [0.717, 1.165) is 36.8 Å². The van der Waals surface area contributed by atoms with Crippen LogP contribution in [0.4, 0.5) is 5.69 Å². The lowest BCUT2D eigenvalue weighted by Gasteiger charge is -2.36. The zero-order valence-electron chi connectivity index (χ0n) is 27.2. The molecule has 0 saturated carbocycles. The normalized spacial score (nSPS) is 14.6. The fourth-order valence-corrected chi connectivity index (χ4v) is 9.25. The van der Waals surface area contributed by atoms with Gasteiger partial charge in [0, 0.05) is 35.5 Å². The van der Waals surface area contributed by atoms with E-state index in [1.807, 2.05) is 36.1 Å². The van der Waals surface area contributed by atoms with Gasteiger partial charge in [0.1, 0.15) is 4.21 Å². The van der Waals surface area contributed by atoms with Crippen LogP contribution < -0.4 is 4.72 Å². The molecule has 0 bridgehead atoms. The lowest BCUT2D eigenvalue weighted by Crippen LogP contribution is -2.46. The van der Waals surface area contributed by atoms with Crippen molar-refractivity contribution in [2.24, 2.45) is 0 Å². The summed E-state index contributed by atoms with van der Waals surface area (Å²) in [5.41, 5.74) is 4.36. The molecule has 1 aliphatic heterocycles. The first kappa shape index (κ1) is 37.7. The van der Waals surface area contributed by atoms with E-state index in [-0.39, 0.29) is 23.9 Å². The number of aliphatic hydroxyl groups is 1. The van der Waals surface area contributed by atoms with E-state index in [2.05, 4.69) is 34.5 Å². The van der Waals surface area contributed by atoms with Crippen molar-refractivity contribution in [2.45, 2.75) is 69.7 Å². The molecule has 48 heavy (non-hydrogen) atoms. The van der Waals surface area contributed by atoms with Crippen molar-refractivity contribution in [3.63, 3.8) is 0 Å². The number of halogens is 2. The van der Waals surface area contributed by atoms with Crippen LogP contribution in [0.2, 0.25) is 4.34 Å². The highest BCUT2D eigenvalue weighted by molar-refractivity contribution is 9.10. The van der Waals surface area contributed by atoms with Crippen LogP contribution in [0.3, 0.4) is 0 Å². The summed E-state index contributed by atoms with van der Waals surface area (Å²) in [4.78, 5) is 31.7. The van der Waals surface area contributed by atoms with Crippen molar-refractivity contribution < 1.29 is 24.4 Å². The Morgan fingerprint density at radius 2 is 1.79 bits per heavy atom. The highest BCUT2D eigenvalue weighted by atomic mass is 79.9. The van der Waals surface area contributed by atoms with Crippen LogP contribution in [0.1, 0.15) is 77.2 Å². The first-order valence-electron chi connectivity index (χ1n) is 15.8. The average molecular weight is 779 g/mol. The largest absolute Gasteiger partial charge is 0.412 e. The van der Waals surface area contributed by atoms with E-state index < -0.39 is 17.0 Å². The smallest absolute Gasteiger partial charge is 0.274 e. The number of anilines is 1. The molecule has 0 aliphatic carbocycles. The van der Waals surface area contributed by atoms with Crippen LogP contribution in [-0.2, 0) is 24.0 Å². The van der Waals surface area contributed by atoms with Gasteiger partial charge in [-0.2, -0.15) is 5.10 Å². The minimum absolute atomic E-state index is 0. The topological polar surface area (TPSA) is 139 Å². The predicted octanol–water partition coefficient (Wildman–Crippen LogP) is 6.57. The maximum Gasteiger partial charge on any atom is 0.274 e. The van der Waals surface area contributed by atoms with Crippen molar-refractivity contribution in [1.29, 1.82) is 0 Å². The van der Waals surface area contributed by atoms with Crippen LogP contribution in [0, 0.1) is 6.92 Å². The Hall–Kier alpha value is -3.07. The van der Waals surface area contributed by atoms with Crippen molar-refractivity contribution in [3.8, 4) is 5.69 Å². The van der Waals surface area contributed by atoms with Crippen LogP contribution >= 0.6 is 38.9 Å². The van der Waals surface area contributed by atoms with E-state index in [1.165, 1.54) is 11.3 Å². The van der Waals surface area contributed by atoms with Gasteiger partial charge in [-0.15, -0.1) is 11.3 Å². The van der Waals surface area contributed by atoms with Crippen molar-refractivity contribution in [2.75, 3.05) is 24.4 Å². The molecular formula is C34H41BrClN5O5S2. The molecule has 1 aliphatic rings. The van der Waals surface area contributed by atoms with Gasteiger partial charge in [0.2, 0.25) is 0 Å². The Balaban J connectivity index is 0.00000520. The summed E-state index contributed by atoms with van der Waals surface area (Å²) in [6.07, 6.45) is 4.29. The minimum Gasteiger partial charge on any atom is -0.412 e. The molecule has 0 saturated heterocycles. The lowest BCUT2D eigenvalue weighted by atomic mass is 9.93. The van der Waals surface area contributed by atoms with Crippen LogP contribution in [0.25, 0.3) is 5.69 Å². The third-order valence-corrected chi connectivity index (χ3v) is 12.1. The van der Waals surface area contributed by atoms with Gasteiger partial charge in [0.25, 0.3) is 11.8 Å². The van der Waals surface area contributed by atoms with Gasteiger partial charge in [-0.3, -0.25) is 9.59 Å². The number of aromatic nitrogens is 2. The Bertz CT molecular complexity index is 1770. The Morgan fingerprint density at radius 1 is 1.10 bits per heavy atom. The molecule has 2 aromatic heterocycles. The predicted molar refractivity (Wildman–Crippen MR) is 196 cm³/mol. The van der Waals surface area contributed by atoms with Gasteiger partial charge in [0.05, 0.1) is 28.2 Å². The highest BCUT2D eigenvalue weighted by Gasteiger charge is 2.32. The van der Waals surface area contributed by atoms with Crippen molar-refractivity contribution in [3.05, 3.63) is 91.5 Å². The molecule has 14 heteroatoms. The molecular weight excluding hydrogens is 738 g/mol. The number of benzene rings is 2. The van der Waals surface area contributed by atoms with E-state index in [4.69, 9.17) is 16.7 Å². The monoisotopic (exact) mass is 777 g/mol. The van der Waals surface area contributed by atoms with Gasteiger partial charge in [-0.25, -0.2) is 8.89 Å². The van der Waals surface area contributed by atoms with Crippen molar-refractivity contribution in [1.82, 2.24) is 19.6 Å². The minimum atomic E-state index is -1.66. The number of thiophene rings is 1. The maximum absolute atomic E-state index is 14.5. The van der Waals surface area contributed by atoms with Gasteiger partial charge in [-0.05, 0) is 83.6 Å². The summed E-state index contributed by atoms with van der Waals surface area (Å²) >= 11 is 10.8. The number of nitrogens with zero attached hydrogens (tertiary/aromatic N) is 4. The molecule has 4 N–H and O–H groups in total. The molecule has 0 fully saturated rings. The molecule has 2 atom stereocenters. The second kappa shape index (κ2) is 17.0. The average Bonchev–Trinajstić information content (AvgIpc) is 3.63. The summed E-state index contributed by atoms with van der Waals surface area (Å²) < 4.78 is 19.6. The molecule has 0 radical (unpaired) electrons. The molecule has 4 aromatic rings. The van der Waals surface area contributed by atoms with Crippen LogP contribution in [0.15, 0.2) is 63.3 Å². The molecule has 10 nitrogen and oxygen atoms in total. The molecule has 5 rings (SSSR count). The first-order chi connectivity index (χ1) is 22.6. The number of aliphatic hydroxyl groups excluding tert-OH is 1. The van der Waals surface area contributed by atoms with Crippen molar-refractivity contribution >= 4 is 67.4 Å². The number of unbranched alkanes of at least 4 members (excludes halogenated alkanes) is 2. The third kappa shape index (κ3) is 8.38. The summed E-state index contributed by atoms with van der Waals surface area (Å²) in [7, 11) is -1.66. The summed E-state index contributed by atoms with van der Waals surface area (Å²) in [5, 5.41) is 15.1. The zero-order chi connectivity index (χ0) is 33.7. The van der Waals surface area contributed by atoms with E-state index >= 15 is 0 Å². The van der Waals surface area contributed by atoms with Gasteiger partial charge in [-0.1, -0.05) is 62.6 Å². The Labute approximate surface area is 301 Å².